The van der Waals surface area contributed by atoms with Crippen LogP contribution in [0.3, 0.4) is 0 Å². The van der Waals surface area contributed by atoms with E-state index >= 15 is 0 Å². The predicted octanol–water partition coefficient (Wildman–Crippen LogP) is 5.10. The number of esters is 1. The normalized spacial score (nSPS) is 11.4. The molecule has 0 radical (unpaired) electrons. The molecule has 1 N–H and O–H groups in total. The quantitative estimate of drug-likeness (QED) is 0.148. The first kappa shape index (κ1) is 31.0. The van der Waals surface area contributed by atoms with Gasteiger partial charge in [0.2, 0.25) is 0 Å². The smallest absolute Gasteiger partial charge is 0.407 e. The highest BCUT2D eigenvalue weighted by Gasteiger charge is 2.31. The summed E-state index contributed by atoms with van der Waals surface area (Å²) in [6, 6.07) is 2.30. The van der Waals surface area contributed by atoms with Crippen LogP contribution >= 0.6 is 0 Å². The van der Waals surface area contributed by atoms with E-state index in [0.29, 0.717) is 18.8 Å². The maximum absolute atomic E-state index is 11.5. The second-order valence-electron chi connectivity index (χ2n) is 8.42. The third-order valence-corrected chi connectivity index (χ3v) is 11.7. The fourth-order valence-corrected chi connectivity index (χ4v) is 11.8. The molecular weight excluding hydrogens is 418 g/mol. The van der Waals surface area contributed by atoms with Crippen molar-refractivity contribution in [3.63, 3.8) is 0 Å². The number of alkyl carbamates (subject to hydrolysis) is 1. The number of ether oxygens (including phenoxy) is 3. The molecule has 0 saturated carbocycles. The molecular formula is C21H45NO6Si2. The summed E-state index contributed by atoms with van der Waals surface area (Å²) in [6.07, 6.45) is 2.87. The lowest BCUT2D eigenvalue weighted by Crippen LogP contribution is -2.44. The van der Waals surface area contributed by atoms with E-state index < -0.39 is 28.7 Å². The molecule has 1 amide bonds. The number of amides is 1. The van der Waals surface area contributed by atoms with Gasteiger partial charge in [-0.25, -0.2) is 9.59 Å². The van der Waals surface area contributed by atoms with Gasteiger partial charge in [-0.3, -0.25) is 0 Å². The van der Waals surface area contributed by atoms with E-state index in [0.717, 1.165) is 12.5 Å². The van der Waals surface area contributed by atoms with Gasteiger partial charge in [-0.15, -0.1) is 0 Å². The van der Waals surface area contributed by atoms with Gasteiger partial charge in [-0.05, 0) is 51.6 Å². The average molecular weight is 464 g/mol. The average Bonchev–Trinajstić information content (AvgIpc) is 2.61. The number of unbranched alkanes of at least 4 members (excludes halogenated alkanes) is 1. The molecule has 0 aromatic rings. The number of rotatable bonds is 16. The fraction of sp³-hybridized carbons (Fsp3) is 0.810. The summed E-state index contributed by atoms with van der Waals surface area (Å²) in [4.78, 5) is 22.7. The molecule has 178 valence electrons. The molecule has 0 heterocycles. The highest BCUT2D eigenvalue weighted by atomic mass is 28.4. The first-order valence-electron chi connectivity index (χ1n) is 10.5. The van der Waals surface area contributed by atoms with Crippen LogP contribution in [0.5, 0.6) is 0 Å². The molecule has 30 heavy (non-hydrogen) atoms. The lowest BCUT2D eigenvalue weighted by atomic mass is 10.4. The van der Waals surface area contributed by atoms with Crippen LogP contribution in [0.25, 0.3) is 0 Å². The monoisotopic (exact) mass is 463 g/mol. The first-order chi connectivity index (χ1) is 13.5. The molecule has 0 bridgehead atoms. The fourth-order valence-electron chi connectivity index (χ4n) is 2.82. The summed E-state index contributed by atoms with van der Waals surface area (Å²) in [6.45, 7) is 17.9. The van der Waals surface area contributed by atoms with Crippen LogP contribution in [0.1, 0.15) is 40.5 Å². The van der Waals surface area contributed by atoms with E-state index in [2.05, 4.69) is 45.0 Å². The van der Waals surface area contributed by atoms with Crippen molar-refractivity contribution >= 4 is 28.7 Å². The molecule has 0 atom stereocenters. The van der Waals surface area contributed by atoms with E-state index in [1.165, 1.54) is 18.9 Å². The van der Waals surface area contributed by atoms with E-state index in [1.54, 1.807) is 6.92 Å². The van der Waals surface area contributed by atoms with Gasteiger partial charge in [0.05, 0.1) is 13.2 Å². The maximum atomic E-state index is 11.5. The standard InChI is InChI=1S/C20H41NO6Si2.CH4/c1-8-9-16-28(4,5)27-29(6,7)17-10-12-24-14-15-26-20(23)21-11-13-25-19(22)18(2)3;/h2,8-17H2,1,3-7H3,(H,21,23);1H4. The molecule has 0 aliphatic heterocycles. The summed E-state index contributed by atoms with van der Waals surface area (Å²) >= 11 is 0. The molecule has 0 spiro atoms. The topological polar surface area (TPSA) is 83.1 Å². The van der Waals surface area contributed by atoms with Crippen molar-refractivity contribution in [2.75, 3.05) is 33.0 Å². The molecule has 0 saturated heterocycles. The summed E-state index contributed by atoms with van der Waals surface area (Å²) < 4.78 is 22.0. The summed E-state index contributed by atoms with van der Waals surface area (Å²) in [7, 11) is -3.22. The van der Waals surface area contributed by atoms with Crippen LogP contribution in [-0.2, 0) is 23.1 Å². The van der Waals surface area contributed by atoms with Gasteiger partial charge < -0.3 is 23.6 Å². The van der Waals surface area contributed by atoms with Gasteiger partial charge in [-0.1, -0.05) is 33.8 Å². The predicted molar refractivity (Wildman–Crippen MR) is 128 cm³/mol. The zero-order chi connectivity index (χ0) is 22.3. The highest BCUT2D eigenvalue weighted by Crippen LogP contribution is 2.24. The van der Waals surface area contributed by atoms with Crippen LogP contribution in [0.15, 0.2) is 12.2 Å². The number of carbonyl (C=O) groups excluding carboxylic acids is 2. The van der Waals surface area contributed by atoms with Crippen molar-refractivity contribution < 1.29 is 27.9 Å². The Balaban J connectivity index is 0. The Bertz CT molecular complexity index is 512. The second-order valence-corrected chi connectivity index (χ2v) is 17.3. The van der Waals surface area contributed by atoms with E-state index in [4.69, 9.17) is 18.3 Å². The molecule has 0 aliphatic rings. The van der Waals surface area contributed by atoms with E-state index in [-0.39, 0.29) is 27.2 Å². The van der Waals surface area contributed by atoms with Crippen LogP contribution in [0.2, 0.25) is 38.3 Å². The first-order valence-corrected chi connectivity index (χ1v) is 16.7. The van der Waals surface area contributed by atoms with Crippen LogP contribution in [0, 0.1) is 0 Å². The minimum Gasteiger partial charge on any atom is -0.460 e. The summed E-state index contributed by atoms with van der Waals surface area (Å²) in [5.41, 5.74) is 0.324. The Labute approximate surface area is 186 Å². The molecule has 0 fully saturated rings. The van der Waals surface area contributed by atoms with Gasteiger partial charge in [0, 0.05) is 12.2 Å². The lowest BCUT2D eigenvalue weighted by Gasteiger charge is -2.34. The van der Waals surface area contributed by atoms with Gasteiger partial charge in [0.15, 0.2) is 16.6 Å². The third kappa shape index (κ3) is 17.7. The van der Waals surface area contributed by atoms with Crippen molar-refractivity contribution in [1.29, 1.82) is 0 Å². The third-order valence-electron chi connectivity index (χ3n) is 4.17. The van der Waals surface area contributed by atoms with E-state index in [1.807, 2.05) is 0 Å². The number of carbonyl (C=O) groups is 2. The Morgan fingerprint density at radius 1 is 0.900 bits per heavy atom. The molecule has 7 nitrogen and oxygen atoms in total. The molecule has 0 unspecified atom stereocenters. The largest absolute Gasteiger partial charge is 0.460 e. The lowest BCUT2D eigenvalue weighted by molar-refractivity contribution is -0.138. The van der Waals surface area contributed by atoms with Gasteiger partial charge in [-0.2, -0.15) is 0 Å². The van der Waals surface area contributed by atoms with Gasteiger partial charge in [0.25, 0.3) is 0 Å². The Morgan fingerprint density at radius 2 is 1.50 bits per heavy atom. The Hall–Kier alpha value is -1.17. The molecule has 0 aromatic carbocycles. The highest BCUT2D eigenvalue weighted by molar-refractivity contribution is 6.84. The molecule has 0 aliphatic carbocycles. The summed E-state index contributed by atoms with van der Waals surface area (Å²) in [5, 5.41) is 2.50. The molecule has 9 heteroatoms. The number of hydrogen-bond acceptors (Lipinski definition) is 6. The van der Waals surface area contributed by atoms with Crippen LogP contribution in [0.4, 0.5) is 4.79 Å². The summed E-state index contributed by atoms with van der Waals surface area (Å²) in [5.74, 6) is -0.475. The minimum absolute atomic E-state index is 0. The molecule has 0 aromatic heterocycles. The maximum Gasteiger partial charge on any atom is 0.407 e. The van der Waals surface area contributed by atoms with Crippen molar-refractivity contribution in [2.45, 2.75) is 78.8 Å². The van der Waals surface area contributed by atoms with Gasteiger partial charge >= 0.3 is 12.1 Å². The van der Waals surface area contributed by atoms with Gasteiger partial charge in [0.1, 0.15) is 13.2 Å². The Morgan fingerprint density at radius 3 is 2.07 bits per heavy atom. The zero-order valence-corrected chi connectivity index (χ0v) is 21.2. The SMILES string of the molecule is C.C=C(C)C(=O)OCCNC(=O)OCCOCCC[Si](C)(C)O[Si](C)(C)CCCC. The van der Waals surface area contributed by atoms with E-state index in [9.17, 15) is 9.59 Å². The number of hydrogen-bond donors (Lipinski definition) is 1. The minimum atomic E-state index is -1.66. The Kier molecular flexibility index (Phi) is 17.1. The van der Waals surface area contributed by atoms with Crippen molar-refractivity contribution in [3.8, 4) is 0 Å². The van der Waals surface area contributed by atoms with Crippen molar-refractivity contribution in [1.82, 2.24) is 5.32 Å². The second kappa shape index (κ2) is 16.5. The van der Waals surface area contributed by atoms with Crippen LogP contribution < -0.4 is 5.32 Å². The molecule has 0 rings (SSSR count). The van der Waals surface area contributed by atoms with Crippen molar-refractivity contribution in [2.24, 2.45) is 0 Å². The zero-order valence-electron chi connectivity index (χ0n) is 19.2. The number of nitrogens with one attached hydrogen (secondary N) is 1. The van der Waals surface area contributed by atoms with Crippen LogP contribution in [-0.4, -0.2) is 61.7 Å². The van der Waals surface area contributed by atoms with Crippen molar-refractivity contribution in [3.05, 3.63) is 12.2 Å².